The van der Waals surface area contributed by atoms with Crippen molar-refractivity contribution in [2.75, 3.05) is 6.61 Å². The number of hydrogen-bond donors (Lipinski definition) is 2. The molecule has 1 amide bonds. The average molecular weight is 393 g/mol. The second-order valence-electron chi connectivity index (χ2n) is 8.24. The first-order chi connectivity index (χ1) is 13.7. The molecule has 1 aliphatic rings. The first kappa shape index (κ1) is 20.6. The van der Waals surface area contributed by atoms with Gasteiger partial charge >= 0.3 is 0 Å². The van der Waals surface area contributed by atoms with Crippen molar-refractivity contribution < 1.29 is 19.4 Å². The molecule has 1 aliphatic heterocycles. The van der Waals surface area contributed by atoms with Crippen molar-refractivity contribution in [2.45, 2.75) is 45.6 Å². The van der Waals surface area contributed by atoms with Gasteiger partial charge in [-0.1, -0.05) is 52.0 Å². The Morgan fingerprint density at radius 3 is 2.21 bits per heavy atom. The Bertz CT molecular complexity index is 934. The zero-order chi connectivity index (χ0) is 21.2. The van der Waals surface area contributed by atoms with Gasteiger partial charge in [0.25, 0.3) is 11.7 Å². The maximum absolute atomic E-state index is 12.5. The number of ketones is 1. The first-order valence-corrected chi connectivity index (χ1v) is 9.84. The van der Waals surface area contributed by atoms with Crippen LogP contribution in [0.1, 0.15) is 56.8 Å². The lowest BCUT2D eigenvalue weighted by Crippen LogP contribution is -2.21. The van der Waals surface area contributed by atoms with Crippen LogP contribution in [0, 0.1) is 0 Å². The summed E-state index contributed by atoms with van der Waals surface area (Å²) in [5, 5.41) is 13.5. The molecule has 2 aromatic carbocycles. The van der Waals surface area contributed by atoms with Gasteiger partial charge < -0.3 is 15.2 Å². The summed E-state index contributed by atoms with van der Waals surface area (Å²) in [5.41, 5.74) is 2.43. The van der Waals surface area contributed by atoms with Gasteiger partial charge in [-0.3, -0.25) is 9.59 Å². The quantitative estimate of drug-likeness (QED) is 0.446. The summed E-state index contributed by atoms with van der Waals surface area (Å²) in [7, 11) is 0. The number of aliphatic hydroxyl groups excluding tert-OH is 1. The monoisotopic (exact) mass is 393 g/mol. The minimum absolute atomic E-state index is 0.00429. The number of carbonyl (C=O) groups is 2. The van der Waals surface area contributed by atoms with Crippen molar-refractivity contribution in [1.82, 2.24) is 5.32 Å². The largest absolute Gasteiger partial charge is 0.507 e. The Kier molecular flexibility index (Phi) is 5.78. The van der Waals surface area contributed by atoms with Crippen LogP contribution in [0.5, 0.6) is 5.75 Å². The SMILES string of the molecule is CCCOc1ccc(C(O)=C2C(=O)C(=O)N[C@@H]2c2ccc(C(C)(C)C)cc2)cc1. The molecule has 1 fully saturated rings. The summed E-state index contributed by atoms with van der Waals surface area (Å²) >= 11 is 0. The van der Waals surface area contributed by atoms with Crippen LogP contribution in [-0.2, 0) is 15.0 Å². The van der Waals surface area contributed by atoms with E-state index in [1.807, 2.05) is 31.2 Å². The molecule has 0 spiro atoms. The van der Waals surface area contributed by atoms with Crippen LogP contribution in [0.3, 0.4) is 0 Å². The molecule has 2 N–H and O–H groups in total. The average Bonchev–Trinajstić information content (AvgIpc) is 3.00. The van der Waals surface area contributed by atoms with Crippen LogP contribution in [0.25, 0.3) is 5.76 Å². The van der Waals surface area contributed by atoms with Crippen LogP contribution in [0.15, 0.2) is 54.1 Å². The molecular weight excluding hydrogens is 366 g/mol. The summed E-state index contributed by atoms with van der Waals surface area (Å²) in [6.45, 7) is 8.99. The highest BCUT2D eigenvalue weighted by Crippen LogP contribution is 2.34. The van der Waals surface area contributed by atoms with E-state index in [4.69, 9.17) is 4.74 Å². The number of ether oxygens (including phenoxy) is 1. The summed E-state index contributed by atoms with van der Waals surface area (Å²) in [6.07, 6.45) is 0.898. The van der Waals surface area contributed by atoms with Gasteiger partial charge in [0.15, 0.2) is 0 Å². The molecule has 0 saturated carbocycles. The molecule has 1 saturated heterocycles. The van der Waals surface area contributed by atoms with E-state index in [2.05, 4.69) is 26.1 Å². The predicted molar refractivity (Wildman–Crippen MR) is 113 cm³/mol. The molecule has 5 nitrogen and oxygen atoms in total. The Morgan fingerprint density at radius 2 is 1.66 bits per heavy atom. The van der Waals surface area contributed by atoms with Crippen LogP contribution >= 0.6 is 0 Å². The van der Waals surface area contributed by atoms with Crippen molar-refractivity contribution in [3.05, 3.63) is 70.8 Å². The van der Waals surface area contributed by atoms with E-state index >= 15 is 0 Å². The number of rotatable bonds is 5. The van der Waals surface area contributed by atoms with Gasteiger partial charge in [-0.05, 0) is 47.2 Å². The second-order valence-corrected chi connectivity index (χ2v) is 8.24. The number of hydrogen-bond acceptors (Lipinski definition) is 4. The lowest BCUT2D eigenvalue weighted by Gasteiger charge is -2.20. The number of nitrogens with one attached hydrogen (secondary N) is 1. The third kappa shape index (κ3) is 4.34. The molecule has 0 radical (unpaired) electrons. The molecule has 0 bridgehead atoms. The Morgan fingerprint density at radius 1 is 1.03 bits per heavy atom. The fourth-order valence-corrected chi connectivity index (χ4v) is 3.28. The molecule has 2 aromatic rings. The van der Waals surface area contributed by atoms with Crippen molar-refractivity contribution in [3.8, 4) is 5.75 Å². The molecule has 3 rings (SSSR count). The van der Waals surface area contributed by atoms with E-state index in [-0.39, 0.29) is 16.7 Å². The molecular formula is C24H27NO4. The van der Waals surface area contributed by atoms with Crippen molar-refractivity contribution in [3.63, 3.8) is 0 Å². The highest BCUT2D eigenvalue weighted by atomic mass is 16.5. The van der Waals surface area contributed by atoms with E-state index in [1.54, 1.807) is 24.3 Å². The van der Waals surface area contributed by atoms with Gasteiger partial charge in [0.1, 0.15) is 11.5 Å². The zero-order valence-electron chi connectivity index (χ0n) is 17.3. The van der Waals surface area contributed by atoms with Gasteiger partial charge in [-0.15, -0.1) is 0 Å². The molecule has 1 heterocycles. The van der Waals surface area contributed by atoms with Gasteiger partial charge in [0.05, 0.1) is 18.2 Å². The molecule has 152 valence electrons. The van der Waals surface area contributed by atoms with Gasteiger partial charge in [-0.2, -0.15) is 0 Å². The summed E-state index contributed by atoms with van der Waals surface area (Å²) < 4.78 is 5.55. The van der Waals surface area contributed by atoms with E-state index < -0.39 is 17.7 Å². The van der Waals surface area contributed by atoms with Crippen molar-refractivity contribution in [2.24, 2.45) is 0 Å². The minimum atomic E-state index is -0.710. The Balaban J connectivity index is 1.96. The van der Waals surface area contributed by atoms with Crippen molar-refractivity contribution in [1.29, 1.82) is 0 Å². The van der Waals surface area contributed by atoms with E-state index in [1.165, 1.54) is 0 Å². The summed E-state index contributed by atoms with van der Waals surface area (Å²) in [4.78, 5) is 24.6. The lowest BCUT2D eigenvalue weighted by molar-refractivity contribution is -0.133. The molecule has 0 aliphatic carbocycles. The highest BCUT2D eigenvalue weighted by Gasteiger charge is 2.39. The van der Waals surface area contributed by atoms with Crippen LogP contribution in [0.2, 0.25) is 0 Å². The van der Waals surface area contributed by atoms with E-state index in [0.717, 1.165) is 17.5 Å². The Hall–Kier alpha value is -3.08. The van der Waals surface area contributed by atoms with Gasteiger partial charge in [0.2, 0.25) is 0 Å². The summed E-state index contributed by atoms with van der Waals surface area (Å²) in [5.74, 6) is -0.923. The van der Waals surface area contributed by atoms with Crippen LogP contribution in [0.4, 0.5) is 0 Å². The second kappa shape index (κ2) is 8.11. The van der Waals surface area contributed by atoms with Gasteiger partial charge in [-0.25, -0.2) is 0 Å². The normalized spacial score (nSPS) is 18.6. The Labute approximate surface area is 171 Å². The molecule has 29 heavy (non-hydrogen) atoms. The summed E-state index contributed by atoms with van der Waals surface area (Å²) in [6, 6.07) is 13.9. The standard InChI is InChI=1S/C24H27NO4/c1-5-14-29-18-12-8-16(9-13-18)21(26)19-20(25-23(28)22(19)27)15-6-10-17(11-7-15)24(2,3)4/h6-13,20,26H,5,14H2,1-4H3,(H,25,28)/t20-/m1/s1. The maximum atomic E-state index is 12.5. The fraction of sp³-hybridized carbons (Fsp3) is 0.333. The number of amides is 1. The third-order valence-electron chi connectivity index (χ3n) is 4.98. The molecule has 1 atom stereocenters. The first-order valence-electron chi connectivity index (χ1n) is 9.84. The van der Waals surface area contributed by atoms with Crippen LogP contribution in [-0.4, -0.2) is 23.4 Å². The highest BCUT2D eigenvalue weighted by molar-refractivity contribution is 6.46. The van der Waals surface area contributed by atoms with Crippen molar-refractivity contribution >= 4 is 17.4 Å². The zero-order valence-corrected chi connectivity index (χ0v) is 17.3. The number of carbonyl (C=O) groups excluding carboxylic acids is 2. The molecule has 5 heteroatoms. The fourth-order valence-electron chi connectivity index (χ4n) is 3.28. The minimum Gasteiger partial charge on any atom is -0.507 e. The van der Waals surface area contributed by atoms with Gasteiger partial charge in [0, 0.05) is 5.56 Å². The third-order valence-corrected chi connectivity index (χ3v) is 4.98. The molecule has 0 aromatic heterocycles. The van der Waals surface area contributed by atoms with E-state index in [9.17, 15) is 14.7 Å². The smallest absolute Gasteiger partial charge is 0.293 e. The molecule has 0 unspecified atom stereocenters. The number of aliphatic hydroxyl groups is 1. The number of Topliss-reactive ketones (excluding diaryl/α,β-unsaturated/α-hetero) is 1. The lowest BCUT2D eigenvalue weighted by atomic mass is 9.85. The van der Waals surface area contributed by atoms with E-state index in [0.29, 0.717) is 17.9 Å². The predicted octanol–water partition coefficient (Wildman–Crippen LogP) is 4.48. The number of benzene rings is 2. The topological polar surface area (TPSA) is 75.6 Å². The van der Waals surface area contributed by atoms with Crippen LogP contribution < -0.4 is 10.1 Å². The maximum Gasteiger partial charge on any atom is 0.293 e.